The molecular weight excluding hydrogens is 388 g/mol. The lowest BCUT2D eigenvalue weighted by Crippen LogP contribution is -2.13. The van der Waals surface area contributed by atoms with E-state index < -0.39 is 0 Å². The zero-order chi connectivity index (χ0) is 19.4. The number of nitrogens with zero attached hydrogens (tertiary/aromatic N) is 2. The minimum absolute atomic E-state index is 0.0422. The van der Waals surface area contributed by atoms with Crippen molar-refractivity contribution in [2.75, 3.05) is 14.2 Å². The van der Waals surface area contributed by atoms with Crippen LogP contribution in [0.15, 0.2) is 52.1 Å². The number of halogens is 1. The molecule has 1 aromatic heterocycles. The monoisotopic (exact) mass is 404 g/mol. The Kier molecular flexibility index (Phi) is 6.03. The molecule has 0 N–H and O–H groups in total. The van der Waals surface area contributed by atoms with Crippen LogP contribution in [0.2, 0.25) is 5.02 Å². The molecule has 0 aliphatic rings. The average molecular weight is 405 g/mol. The Morgan fingerprint density at radius 3 is 2.30 bits per heavy atom. The normalized spacial score (nSPS) is 11.9. The first-order valence-electron chi connectivity index (χ1n) is 8.03. The van der Waals surface area contributed by atoms with Gasteiger partial charge in [0.15, 0.2) is 5.78 Å². The van der Waals surface area contributed by atoms with Gasteiger partial charge in [0.25, 0.3) is 5.22 Å². The average Bonchev–Trinajstić information content (AvgIpc) is 3.16. The molecule has 0 aliphatic heterocycles. The van der Waals surface area contributed by atoms with Crippen LogP contribution in [0.1, 0.15) is 17.3 Å². The SMILES string of the molecule is COc1cc(OC)cc(-c2nnc(S[C@@H](C)C(=O)c3ccc(Cl)cc3)o2)c1. The number of methoxy groups -OCH3 is 2. The van der Waals surface area contributed by atoms with Gasteiger partial charge in [0, 0.05) is 22.2 Å². The topological polar surface area (TPSA) is 74.5 Å². The fourth-order valence-electron chi connectivity index (χ4n) is 2.36. The molecule has 3 rings (SSSR count). The van der Waals surface area contributed by atoms with Gasteiger partial charge >= 0.3 is 0 Å². The predicted octanol–water partition coefficient (Wildman–Crippen LogP) is 4.77. The van der Waals surface area contributed by atoms with Crippen molar-refractivity contribution in [2.24, 2.45) is 0 Å². The second-order valence-corrected chi connectivity index (χ2v) is 7.33. The summed E-state index contributed by atoms with van der Waals surface area (Å²) in [6.07, 6.45) is 0. The third-order valence-electron chi connectivity index (χ3n) is 3.78. The van der Waals surface area contributed by atoms with Gasteiger partial charge in [-0.1, -0.05) is 23.4 Å². The zero-order valence-corrected chi connectivity index (χ0v) is 16.5. The number of aromatic nitrogens is 2. The molecule has 0 amide bonds. The summed E-state index contributed by atoms with van der Waals surface area (Å²) in [6.45, 7) is 1.79. The van der Waals surface area contributed by atoms with Gasteiger partial charge in [-0.05, 0) is 43.3 Å². The van der Waals surface area contributed by atoms with Crippen LogP contribution < -0.4 is 9.47 Å². The van der Waals surface area contributed by atoms with Crippen LogP contribution >= 0.6 is 23.4 Å². The molecule has 1 atom stereocenters. The summed E-state index contributed by atoms with van der Waals surface area (Å²) in [4.78, 5) is 12.5. The number of carbonyl (C=O) groups is 1. The summed E-state index contributed by atoms with van der Waals surface area (Å²) in [5.74, 6) is 1.51. The number of hydrogen-bond acceptors (Lipinski definition) is 7. The molecule has 0 spiro atoms. The third-order valence-corrected chi connectivity index (χ3v) is 4.97. The van der Waals surface area contributed by atoms with E-state index in [0.29, 0.717) is 38.8 Å². The Morgan fingerprint density at radius 2 is 1.70 bits per heavy atom. The van der Waals surface area contributed by atoms with Crippen LogP contribution in [0.4, 0.5) is 0 Å². The number of hydrogen-bond donors (Lipinski definition) is 0. The highest BCUT2D eigenvalue weighted by Crippen LogP contribution is 2.32. The Balaban J connectivity index is 1.76. The smallest absolute Gasteiger partial charge is 0.277 e. The van der Waals surface area contributed by atoms with Crippen LogP contribution in [0.3, 0.4) is 0 Å². The molecule has 8 heteroatoms. The highest BCUT2D eigenvalue weighted by atomic mass is 35.5. The van der Waals surface area contributed by atoms with Crippen LogP contribution in [0.5, 0.6) is 11.5 Å². The standard InChI is InChI=1S/C19H17ClN2O4S/c1-11(17(23)12-4-6-14(20)7-5-12)27-19-22-21-18(26-19)13-8-15(24-2)10-16(9-13)25-3/h4-11H,1-3H3/t11-/m0/s1. The van der Waals surface area contributed by atoms with E-state index in [4.69, 9.17) is 25.5 Å². The molecule has 0 radical (unpaired) electrons. The van der Waals surface area contributed by atoms with Gasteiger partial charge in [-0.15, -0.1) is 10.2 Å². The quantitative estimate of drug-likeness (QED) is 0.414. The number of carbonyl (C=O) groups excluding carboxylic acids is 1. The van der Waals surface area contributed by atoms with Crippen LogP contribution in [-0.4, -0.2) is 35.5 Å². The lowest BCUT2D eigenvalue weighted by atomic mass is 10.1. The second-order valence-electron chi connectivity index (χ2n) is 5.61. The lowest BCUT2D eigenvalue weighted by molar-refractivity contribution is 0.0993. The number of Topliss-reactive ketones (excluding diaryl/α,β-unsaturated/α-hetero) is 1. The number of ketones is 1. The molecule has 0 aliphatic carbocycles. The van der Waals surface area contributed by atoms with E-state index in [1.807, 2.05) is 0 Å². The highest BCUT2D eigenvalue weighted by molar-refractivity contribution is 8.00. The first-order valence-corrected chi connectivity index (χ1v) is 9.29. The molecule has 2 aromatic carbocycles. The molecule has 140 valence electrons. The Hall–Kier alpha value is -2.51. The van der Waals surface area contributed by atoms with Crippen molar-refractivity contribution in [3.05, 3.63) is 53.1 Å². The summed E-state index contributed by atoms with van der Waals surface area (Å²) in [7, 11) is 3.13. The summed E-state index contributed by atoms with van der Waals surface area (Å²) in [5.41, 5.74) is 1.25. The zero-order valence-electron chi connectivity index (χ0n) is 14.9. The maximum Gasteiger partial charge on any atom is 0.277 e. The van der Waals surface area contributed by atoms with Crippen molar-refractivity contribution in [3.8, 4) is 23.0 Å². The minimum Gasteiger partial charge on any atom is -0.497 e. The highest BCUT2D eigenvalue weighted by Gasteiger charge is 2.20. The van der Waals surface area contributed by atoms with Crippen molar-refractivity contribution in [2.45, 2.75) is 17.4 Å². The molecule has 0 saturated heterocycles. The fraction of sp³-hybridized carbons (Fsp3) is 0.211. The van der Waals surface area contributed by atoms with E-state index in [0.717, 1.165) is 0 Å². The molecule has 3 aromatic rings. The van der Waals surface area contributed by atoms with E-state index in [-0.39, 0.29) is 11.0 Å². The Morgan fingerprint density at radius 1 is 1.07 bits per heavy atom. The van der Waals surface area contributed by atoms with Gasteiger partial charge in [0.05, 0.1) is 19.5 Å². The van der Waals surface area contributed by atoms with Crippen molar-refractivity contribution >= 4 is 29.1 Å². The van der Waals surface area contributed by atoms with E-state index in [9.17, 15) is 4.79 Å². The maximum absolute atomic E-state index is 12.5. The molecule has 0 fully saturated rings. The molecule has 27 heavy (non-hydrogen) atoms. The van der Waals surface area contributed by atoms with Gasteiger partial charge in [-0.25, -0.2) is 0 Å². The third kappa shape index (κ3) is 4.61. The van der Waals surface area contributed by atoms with E-state index >= 15 is 0 Å². The van der Waals surface area contributed by atoms with Crippen molar-refractivity contribution in [1.82, 2.24) is 10.2 Å². The van der Waals surface area contributed by atoms with E-state index in [2.05, 4.69) is 10.2 Å². The van der Waals surface area contributed by atoms with Crippen LogP contribution in [0.25, 0.3) is 11.5 Å². The van der Waals surface area contributed by atoms with Crippen LogP contribution in [-0.2, 0) is 0 Å². The van der Waals surface area contributed by atoms with E-state index in [1.165, 1.54) is 11.8 Å². The molecular formula is C19H17ClN2O4S. The largest absolute Gasteiger partial charge is 0.497 e. The molecule has 6 nitrogen and oxygen atoms in total. The number of thioether (sulfide) groups is 1. The van der Waals surface area contributed by atoms with Gasteiger partial charge in [-0.3, -0.25) is 4.79 Å². The summed E-state index contributed by atoms with van der Waals surface area (Å²) < 4.78 is 16.2. The molecule has 0 bridgehead atoms. The summed E-state index contributed by atoms with van der Waals surface area (Å²) in [5, 5.41) is 8.58. The summed E-state index contributed by atoms with van der Waals surface area (Å²) >= 11 is 7.06. The molecule has 1 heterocycles. The first-order chi connectivity index (χ1) is 13.0. The van der Waals surface area contributed by atoms with Crippen molar-refractivity contribution in [3.63, 3.8) is 0 Å². The fourth-order valence-corrected chi connectivity index (χ4v) is 3.25. The van der Waals surface area contributed by atoms with Gasteiger partial charge < -0.3 is 13.9 Å². The Labute approximate surface area is 165 Å². The summed E-state index contributed by atoms with van der Waals surface area (Å²) in [6, 6.07) is 12.1. The maximum atomic E-state index is 12.5. The lowest BCUT2D eigenvalue weighted by Gasteiger charge is -2.07. The first kappa shape index (κ1) is 19.3. The predicted molar refractivity (Wildman–Crippen MR) is 104 cm³/mol. The number of benzene rings is 2. The van der Waals surface area contributed by atoms with Gasteiger partial charge in [0.1, 0.15) is 11.5 Å². The minimum atomic E-state index is -0.390. The molecule has 0 saturated carbocycles. The van der Waals surface area contributed by atoms with Crippen molar-refractivity contribution in [1.29, 1.82) is 0 Å². The van der Waals surface area contributed by atoms with Crippen LogP contribution in [0, 0.1) is 0 Å². The Bertz CT molecular complexity index is 921. The van der Waals surface area contributed by atoms with Crippen molar-refractivity contribution < 1.29 is 18.7 Å². The number of rotatable bonds is 7. The second kappa shape index (κ2) is 8.45. The number of ether oxygens (including phenoxy) is 2. The molecule has 0 unspecified atom stereocenters. The van der Waals surface area contributed by atoms with E-state index in [1.54, 1.807) is 63.6 Å². The van der Waals surface area contributed by atoms with Gasteiger partial charge in [-0.2, -0.15) is 0 Å². The van der Waals surface area contributed by atoms with Gasteiger partial charge in [0.2, 0.25) is 5.89 Å².